The predicted octanol–water partition coefficient (Wildman–Crippen LogP) is 2.58. The Hall–Kier alpha value is -1.35. The lowest BCUT2D eigenvalue weighted by molar-refractivity contribution is 0.0390. The number of aryl methyl sites for hydroxylation is 1. The molecule has 1 aromatic carbocycles. The topological polar surface area (TPSA) is 35.5 Å². The van der Waals surface area contributed by atoms with Crippen molar-refractivity contribution in [2.75, 3.05) is 13.7 Å². The summed E-state index contributed by atoms with van der Waals surface area (Å²) in [5.41, 5.74) is 1.57. The molecule has 0 aliphatic carbocycles. The highest BCUT2D eigenvalue weighted by Gasteiger charge is 2.09. The van der Waals surface area contributed by atoms with Crippen molar-refractivity contribution in [3.8, 4) is 0 Å². The van der Waals surface area contributed by atoms with Crippen molar-refractivity contribution in [1.82, 2.24) is 0 Å². The Morgan fingerprint density at radius 2 is 2.06 bits per heavy atom. The van der Waals surface area contributed by atoms with Gasteiger partial charge in [0.1, 0.15) is 0 Å². The third-order valence-corrected chi connectivity index (χ3v) is 2.52. The molecule has 1 rings (SSSR count). The van der Waals surface area contributed by atoms with Crippen LogP contribution in [0.1, 0.15) is 29.3 Å². The molecule has 0 radical (unpaired) electrons. The summed E-state index contributed by atoms with van der Waals surface area (Å²) in [4.78, 5) is 11.7. The number of benzene rings is 1. The number of hydrogen-bond donors (Lipinski definition) is 0. The lowest BCUT2D eigenvalue weighted by atomic mass is 10.1. The van der Waals surface area contributed by atoms with Gasteiger partial charge in [0, 0.05) is 13.5 Å². The second-order valence-corrected chi connectivity index (χ2v) is 3.79. The van der Waals surface area contributed by atoms with Gasteiger partial charge in [-0.3, -0.25) is 0 Å². The van der Waals surface area contributed by atoms with Gasteiger partial charge in [0.2, 0.25) is 0 Å². The number of ether oxygens (including phenoxy) is 2. The van der Waals surface area contributed by atoms with Crippen molar-refractivity contribution < 1.29 is 14.3 Å². The van der Waals surface area contributed by atoms with E-state index in [0.29, 0.717) is 18.6 Å². The van der Waals surface area contributed by atoms with Crippen molar-refractivity contribution in [3.63, 3.8) is 0 Å². The van der Waals surface area contributed by atoms with Gasteiger partial charge in [-0.25, -0.2) is 4.79 Å². The van der Waals surface area contributed by atoms with Gasteiger partial charge in [0.15, 0.2) is 0 Å². The van der Waals surface area contributed by atoms with Crippen LogP contribution in [0.15, 0.2) is 24.3 Å². The molecule has 1 atom stereocenters. The van der Waals surface area contributed by atoms with Crippen LogP contribution in [0.2, 0.25) is 0 Å². The summed E-state index contributed by atoms with van der Waals surface area (Å²) in [7, 11) is 1.65. The van der Waals surface area contributed by atoms with E-state index in [4.69, 9.17) is 9.47 Å². The van der Waals surface area contributed by atoms with Crippen LogP contribution in [-0.2, 0) is 9.47 Å². The largest absolute Gasteiger partial charge is 0.462 e. The quantitative estimate of drug-likeness (QED) is 0.718. The highest BCUT2D eigenvalue weighted by atomic mass is 16.5. The Morgan fingerprint density at radius 3 is 2.69 bits per heavy atom. The third kappa shape index (κ3) is 3.66. The molecular formula is C13H18O3. The van der Waals surface area contributed by atoms with Gasteiger partial charge in [-0.05, 0) is 25.5 Å². The van der Waals surface area contributed by atoms with Crippen LogP contribution in [0.5, 0.6) is 0 Å². The van der Waals surface area contributed by atoms with Crippen molar-refractivity contribution in [1.29, 1.82) is 0 Å². The monoisotopic (exact) mass is 222 g/mol. The normalized spacial score (nSPS) is 12.2. The molecule has 0 N–H and O–H groups in total. The Kier molecular flexibility index (Phi) is 4.99. The fraction of sp³-hybridized carbons (Fsp3) is 0.462. The molecule has 0 aliphatic heterocycles. The van der Waals surface area contributed by atoms with Crippen LogP contribution in [0.4, 0.5) is 0 Å². The maximum Gasteiger partial charge on any atom is 0.338 e. The second-order valence-electron chi connectivity index (χ2n) is 3.79. The van der Waals surface area contributed by atoms with Gasteiger partial charge in [0.25, 0.3) is 0 Å². The summed E-state index contributed by atoms with van der Waals surface area (Å²) in [5, 5.41) is 0. The number of methoxy groups -OCH3 is 1. The van der Waals surface area contributed by atoms with E-state index in [0.717, 1.165) is 5.56 Å². The summed E-state index contributed by atoms with van der Waals surface area (Å²) in [6.07, 6.45) is 0.832. The van der Waals surface area contributed by atoms with E-state index in [1.54, 1.807) is 13.2 Å². The smallest absolute Gasteiger partial charge is 0.338 e. The summed E-state index contributed by atoms with van der Waals surface area (Å²) in [6.45, 7) is 4.23. The Balaban J connectivity index is 2.44. The molecule has 0 spiro atoms. The molecule has 0 saturated heterocycles. The first-order valence-electron chi connectivity index (χ1n) is 5.40. The third-order valence-electron chi connectivity index (χ3n) is 2.52. The number of esters is 1. The molecule has 3 heteroatoms. The van der Waals surface area contributed by atoms with Gasteiger partial charge >= 0.3 is 5.97 Å². The van der Waals surface area contributed by atoms with E-state index in [1.807, 2.05) is 32.0 Å². The zero-order chi connectivity index (χ0) is 12.0. The van der Waals surface area contributed by atoms with Crippen molar-refractivity contribution in [3.05, 3.63) is 35.4 Å². The standard InChI is InChI=1S/C13H18O3/c1-10-6-4-5-7-12(10)13(14)16-9-8-11(2)15-3/h4-7,11H,8-9H2,1-3H3/t11-/m1/s1. The van der Waals surface area contributed by atoms with Crippen molar-refractivity contribution >= 4 is 5.97 Å². The zero-order valence-corrected chi connectivity index (χ0v) is 10.0. The molecular weight excluding hydrogens is 204 g/mol. The summed E-state index contributed by atoms with van der Waals surface area (Å²) >= 11 is 0. The minimum atomic E-state index is -0.263. The molecule has 0 amide bonds. The Morgan fingerprint density at radius 1 is 1.38 bits per heavy atom. The first-order valence-corrected chi connectivity index (χ1v) is 5.40. The average molecular weight is 222 g/mol. The van der Waals surface area contributed by atoms with Crippen LogP contribution in [-0.4, -0.2) is 25.8 Å². The molecule has 0 saturated carbocycles. The maximum absolute atomic E-state index is 11.7. The fourth-order valence-corrected chi connectivity index (χ4v) is 1.32. The van der Waals surface area contributed by atoms with Crippen LogP contribution >= 0.6 is 0 Å². The average Bonchev–Trinajstić information content (AvgIpc) is 2.29. The van der Waals surface area contributed by atoms with E-state index in [1.165, 1.54) is 0 Å². The molecule has 0 unspecified atom stereocenters. The molecule has 0 heterocycles. The van der Waals surface area contributed by atoms with Crippen LogP contribution in [0, 0.1) is 6.92 Å². The lowest BCUT2D eigenvalue weighted by Crippen LogP contribution is -2.13. The van der Waals surface area contributed by atoms with E-state index < -0.39 is 0 Å². The van der Waals surface area contributed by atoms with E-state index in [2.05, 4.69) is 0 Å². The molecule has 1 aromatic rings. The minimum Gasteiger partial charge on any atom is -0.462 e. The number of rotatable bonds is 5. The van der Waals surface area contributed by atoms with Gasteiger partial charge in [-0.15, -0.1) is 0 Å². The van der Waals surface area contributed by atoms with E-state index in [-0.39, 0.29) is 12.1 Å². The van der Waals surface area contributed by atoms with Gasteiger partial charge < -0.3 is 9.47 Å². The molecule has 0 aliphatic rings. The maximum atomic E-state index is 11.7. The number of hydrogen-bond acceptors (Lipinski definition) is 3. The van der Waals surface area contributed by atoms with E-state index >= 15 is 0 Å². The Labute approximate surface area is 96.4 Å². The zero-order valence-electron chi connectivity index (χ0n) is 10.0. The molecule has 16 heavy (non-hydrogen) atoms. The summed E-state index contributed by atoms with van der Waals surface area (Å²) in [6, 6.07) is 7.41. The minimum absolute atomic E-state index is 0.115. The second kappa shape index (κ2) is 6.28. The fourth-order valence-electron chi connectivity index (χ4n) is 1.32. The molecule has 0 fully saturated rings. The first-order chi connectivity index (χ1) is 7.65. The SMILES string of the molecule is CO[C@H](C)CCOC(=O)c1ccccc1C. The van der Waals surface area contributed by atoms with Gasteiger partial charge in [-0.2, -0.15) is 0 Å². The van der Waals surface area contributed by atoms with E-state index in [9.17, 15) is 4.79 Å². The lowest BCUT2D eigenvalue weighted by Gasteiger charge is -2.10. The Bertz CT molecular complexity index is 347. The van der Waals surface area contributed by atoms with Crippen LogP contribution in [0.25, 0.3) is 0 Å². The number of carbonyl (C=O) groups is 1. The summed E-state index contributed by atoms with van der Waals surface area (Å²) < 4.78 is 10.2. The molecule has 88 valence electrons. The molecule has 0 bridgehead atoms. The van der Waals surface area contributed by atoms with Crippen molar-refractivity contribution in [2.24, 2.45) is 0 Å². The summed E-state index contributed by atoms with van der Waals surface area (Å²) in [5.74, 6) is -0.263. The first kappa shape index (κ1) is 12.7. The highest BCUT2D eigenvalue weighted by molar-refractivity contribution is 5.90. The molecule has 3 nitrogen and oxygen atoms in total. The van der Waals surface area contributed by atoms with Gasteiger partial charge in [-0.1, -0.05) is 18.2 Å². The predicted molar refractivity (Wildman–Crippen MR) is 62.5 cm³/mol. The highest BCUT2D eigenvalue weighted by Crippen LogP contribution is 2.09. The van der Waals surface area contributed by atoms with Crippen molar-refractivity contribution in [2.45, 2.75) is 26.4 Å². The van der Waals surface area contributed by atoms with Gasteiger partial charge in [0.05, 0.1) is 18.3 Å². The van der Waals surface area contributed by atoms with Crippen LogP contribution in [0.3, 0.4) is 0 Å². The molecule has 0 aromatic heterocycles. The van der Waals surface area contributed by atoms with Crippen LogP contribution < -0.4 is 0 Å². The number of carbonyl (C=O) groups excluding carboxylic acids is 1.